The van der Waals surface area contributed by atoms with Crippen LogP contribution in [-0.4, -0.2) is 11.1 Å². The summed E-state index contributed by atoms with van der Waals surface area (Å²) in [4.78, 5) is 9.05. The molecule has 0 aliphatic rings. The summed E-state index contributed by atoms with van der Waals surface area (Å²) >= 11 is 1.49. The van der Waals surface area contributed by atoms with Gasteiger partial charge in [-0.25, -0.2) is 2.85 Å². The van der Waals surface area contributed by atoms with Crippen LogP contribution in [0.4, 0.5) is 0 Å². The van der Waals surface area contributed by atoms with Crippen LogP contribution in [0.2, 0.25) is 0 Å². The van der Waals surface area contributed by atoms with Gasteiger partial charge in [-0.05, 0) is 6.42 Å². The summed E-state index contributed by atoms with van der Waals surface area (Å²) < 4.78 is 15.4. The van der Waals surface area contributed by atoms with Crippen molar-refractivity contribution >= 4 is 30.6 Å². The van der Waals surface area contributed by atoms with Gasteiger partial charge in [0, 0.05) is 0 Å². The number of halogens is 1. The van der Waals surface area contributed by atoms with E-state index in [9.17, 15) is 4.57 Å². The topological polar surface area (TPSA) is 46.5 Å². The highest BCUT2D eigenvalue weighted by Crippen LogP contribution is 2.45. The van der Waals surface area contributed by atoms with Crippen LogP contribution < -0.4 is 0 Å². The number of hydrogen-bond donors (Lipinski definition) is 1. The van der Waals surface area contributed by atoms with E-state index in [1.54, 1.807) is 0 Å². The molecule has 0 rings (SSSR count). The SMILES string of the molecule is CCCCCCCCP(=O)(O)OI. The van der Waals surface area contributed by atoms with Crippen molar-refractivity contribution in [2.24, 2.45) is 0 Å². The normalized spacial score (nSPS) is 15.6. The molecule has 0 saturated heterocycles. The zero-order chi connectivity index (χ0) is 10.2. The van der Waals surface area contributed by atoms with Crippen LogP contribution in [0.3, 0.4) is 0 Å². The molecule has 0 aliphatic carbocycles. The molecule has 0 spiro atoms. The summed E-state index contributed by atoms with van der Waals surface area (Å²) in [7, 11) is -3.24. The van der Waals surface area contributed by atoms with E-state index < -0.39 is 7.60 Å². The number of unbranched alkanes of at least 4 members (excludes halogenated alkanes) is 5. The van der Waals surface area contributed by atoms with Crippen molar-refractivity contribution in [1.29, 1.82) is 0 Å². The number of hydrogen-bond acceptors (Lipinski definition) is 2. The predicted octanol–water partition coefficient (Wildman–Crippen LogP) is 3.90. The fourth-order valence-electron chi connectivity index (χ4n) is 1.13. The molecule has 13 heavy (non-hydrogen) atoms. The molecular weight excluding hydrogens is 302 g/mol. The number of rotatable bonds is 8. The minimum absolute atomic E-state index is 0.294. The lowest BCUT2D eigenvalue weighted by molar-refractivity contribution is 0.412. The van der Waals surface area contributed by atoms with Crippen LogP contribution in [0.15, 0.2) is 0 Å². The van der Waals surface area contributed by atoms with Crippen molar-refractivity contribution in [2.75, 3.05) is 6.16 Å². The third kappa shape index (κ3) is 9.19. The van der Waals surface area contributed by atoms with E-state index in [1.807, 2.05) is 0 Å². The molecule has 0 aliphatic heterocycles. The van der Waals surface area contributed by atoms with Crippen LogP contribution in [-0.2, 0) is 7.42 Å². The van der Waals surface area contributed by atoms with E-state index in [4.69, 9.17) is 4.89 Å². The first kappa shape index (κ1) is 13.9. The first-order chi connectivity index (χ1) is 6.12. The van der Waals surface area contributed by atoms with Gasteiger partial charge in [0.05, 0.1) is 6.16 Å². The van der Waals surface area contributed by atoms with Gasteiger partial charge in [0.15, 0.2) is 0 Å². The summed E-state index contributed by atoms with van der Waals surface area (Å²) in [6, 6.07) is 0. The van der Waals surface area contributed by atoms with Crippen LogP contribution in [0.5, 0.6) is 0 Å². The lowest BCUT2D eigenvalue weighted by atomic mass is 10.1. The molecule has 0 saturated carbocycles. The Morgan fingerprint density at radius 2 is 1.77 bits per heavy atom. The second kappa shape index (κ2) is 8.21. The molecule has 0 heterocycles. The molecule has 5 heteroatoms. The highest BCUT2D eigenvalue weighted by molar-refractivity contribution is 14.1. The molecule has 3 nitrogen and oxygen atoms in total. The molecule has 0 radical (unpaired) electrons. The fraction of sp³-hybridized carbons (Fsp3) is 1.00. The van der Waals surface area contributed by atoms with Crippen LogP contribution >= 0.6 is 30.6 Å². The summed E-state index contributed by atoms with van der Waals surface area (Å²) in [5.41, 5.74) is 0. The molecule has 0 bridgehead atoms. The van der Waals surface area contributed by atoms with Gasteiger partial charge < -0.3 is 4.89 Å². The first-order valence-electron chi connectivity index (χ1n) is 4.74. The third-order valence-corrected chi connectivity index (χ3v) is 4.85. The van der Waals surface area contributed by atoms with Crippen molar-refractivity contribution in [3.8, 4) is 0 Å². The lowest BCUT2D eigenvalue weighted by Crippen LogP contribution is -1.89. The zero-order valence-corrected chi connectivity index (χ0v) is 11.1. The Bertz CT molecular complexity index is 163. The molecule has 0 fully saturated rings. The van der Waals surface area contributed by atoms with Crippen molar-refractivity contribution in [2.45, 2.75) is 45.4 Å². The van der Waals surface area contributed by atoms with Crippen molar-refractivity contribution in [3.05, 3.63) is 0 Å². The summed E-state index contributed by atoms with van der Waals surface area (Å²) in [5.74, 6) is 0. The molecular formula is C8H18IO3P. The van der Waals surface area contributed by atoms with Gasteiger partial charge in [0.25, 0.3) is 0 Å². The van der Waals surface area contributed by atoms with Crippen LogP contribution in [0.25, 0.3) is 0 Å². The van der Waals surface area contributed by atoms with Gasteiger partial charge >= 0.3 is 7.60 Å². The van der Waals surface area contributed by atoms with E-state index in [0.29, 0.717) is 6.16 Å². The second-order valence-electron chi connectivity index (χ2n) is 3.20. The molecule has 0 amide bonds. The Balaban J connectivity index is 3.21. The van der Waals surface area contributed by atoms with Gasteiger partial charge in [-0.1, -0.05) is 39.0 Å². The monoisotopic (exact) mass is 320 g/mol. The Morgan fingerprint density at radius 1 is 1.23 bits per heavy atom. The Labute approximate surface area is 94.5 Å². The molecule has 0 aromatic heterocycles. The average Bonchev–Trinajstić information content (AvgIpc) is 2.11. The van der Waals surface area contributed by atoms with Gasteiger partial charge in [-0.2, -0.15) is 0 Å². The first-order valence-corrected chi connectivity index (χ1v) is 7.39. The smallest absolute Gasteiger partial charge is 0.324 e. The summed E-state index contributed by atoms with van der Waals surface area (Å²) in [6.45, 7) is 2.17. The predicted molar refractivity (Wildman–Crippen MR) is 63.2 cm³/mol. The largest absolute Gasteiger partial charge is 0.337 e. The lowest BCUT2D eigenvalue weighted by Gasteiger charge is -2.05. The second-order valence-corrected chi connectivity index (χ2v) is 6.24. The third-order valence-electron chi connectivity index (χ3n) is 1.90. The maximum Gasteiger partial charge on any atom is 0.337 e. The average molecular weight is 320 g/mol. The van der Waals surface area contributed by atoms with E-state index in [-0.39, 0.29) is 0 Å². The molecule has 80 valence electrons. The Kier molecular flexibility index (Phi) is 8.77. The van der Waals surface area contributed by atoms with Crippen molar-refractivity contribution in [1.82, 2.24) is 0 Å². The highest BCUT2D eigenvalue weighted by Gasteiger charge is 2.16. The zero-order valence-electron chi connectivity index (χ0n) is 8.04. The van der Waals surface area contributed by atoms with E-state index in [0.717, 1.165) is 19.3 Å². The van der Waals surface area contributed by atoms with Crippen LogP contribution in [0, 0.1) is 0 Å². The standard InChI is InChI=1S/C8H18IO3P/c1-2-3-4-5-6-7-8-13(10,11)12-9/h2-8H2,1H3,(H,10,11). The molecule has 1 unspecified atom stereocenters. The molecule has 0 aromatic rings. The van der Waals surface area contributed by atoms with Gasteiger partial charge in [0.1, 0.15) is 23.0 Å². The van der Waals surface area contributed by atoms with Crippen molar-refractivity contribution in [3.63, 3.8) is 0 Å². The molecule has 1 atom stereocenters. The van der Waals surface area contributed by atoms with Gasteiger partial charge in [-0.15, -0.1) is 0 Å². The van der Waals surface area contributed by atoms with E-state index >= 15 is 0 Å². The van der Waals surface area contributed by atoms with Gasteiger partial charge in [0.2, 0.25) is 0 Å². The quantitative estimate of drug-likeness (QED) is 0.419. The Hall–Kier alpha value is 0.880. The summed E-state index contributed by atoms with van der Waals surface area (Å²) in [5, 5.41) is 0. The van der Waals surface area contributed by atoms with Crippen LogP contribution in [0.1, 0.15) is 45.4 Å². The maximum atomic E-state index is 11.0. The van der Waals surface area contributed by atoms with Crippen molar-refractivity contribution < 1.29 is 12.3 Å². The highest BCUT2D eigenvalue weighted by atomic mass is 127. The van der Waals surface area contributed by atoms with E-state index in [2.05, 4.69) is 9.78 Å². The van der Waals surface area contributed by atoms with E-state index in [1.165, 1.54) is 42.3 Å². The fourth-order valence-corrected chi connectivity index (χ4v) is 2.41. The minimum atomic E-state index is -3.24. The Morgan fingerprint density at radius 3 is 2.31 bits per heavy atom. The maximum absolute atomic E-state index is 11.0. The van der Waals surface area contributed by atoms with Gasteiger partial charge in [-0.3, -0.25) is 4.57 Å². The molecule has 1 N–H and O–H groups in total. The minimum Gasteiger partial charge on any atom is -0.324 e. The summed E-state index contributed by atoms with van der Waals surface area (Å²) in [6.07, 6.45) is 7.01. The molecule has 0 aromatic carbocycles.